The second-order valence-corrected chi connectivity index (χ2v) is 6.87. The van der Waals surface area contributed by atoms with Crippen molar-refractivity contribution in [1.29, 1.82) is 0 Å². The number of imidazole rings is 1. The predicted octanol–water partition coefficient (Wildman–Crippen LogP) is 1.74. The summed E-state index contributed by atoms with van der Waals surface area (Å²) in [6, 6.07) is 0. The first-order chi connectivity index (χ1) is 6.68. The lowest BCUT2D eigenvalue weighted by Crippen LogP contribution is -2.45. The third kappa shape index (κ3) is 2.05. The van der Waals surface area contributed by atoms with E-state index >= 15 is 0 Å². The molecule has 0 saturated carbocycles. The molecule has 1 rings (SSSR count). The first kappa shape index (κ1) is 11.4. The van der Waals surface area contributed by atoms with Crippen LogP contribution in [0.1, 0.15) is 19.0 Å². The smallest absolute Gasteiger partial charge is 0.358 e. The maximum Gasteiger partial charge on any atom is 0.358 e. The highest BCUT2D eigenvalue weighted by molar-refractivity contribution is 6.66. The van der Waals surface area contributed by atoms with Gasteiger partial charge in [0, 0.05) is 26.6 Å². The summed E-state index contributed by atoms with van der Waals surface area (Å²) in [6.07, 6.45) is 6.54. The second kappa shape index (κ2) is 4.72. The van der Waals surface area contributed by atoms with E-state index in [0.717, 1.165) is 6.42 Å². The molecule has 1 aromatic rings. The molecule has 5 heteroatoms. The number of nitrogens with zero attached hydrogens (tertiary/aromatic N) is 2. The lowest BCUT2D eigenvalue weighted by Gasteiger charge is -2.31. The molecule has 0 amide bonds. The van der Waals surface area contributed by atoms with Gasteiger partial charge in [0.25, 0.3) is 0 Å². The van der Waals surface area contributed by atoms with Gasteiger partial charge in [0.05, 0.1) is 12.0 Å². The molecule has 0 N–H and O–H groups in total. The van der Waals surface area contributed by atoms with Gasteiger partial charge < -0.3 is 13.4 Å². The van der Waals surface area contributed by atoms with Gasteiger partial charge in [-0.1, -0.05) is 6.92 Å². The summed E-state index contributed by atoms with van der Waals surface area (Å²) in [5, 5.41) is 0. The van der Waals surface area contributed by atoms with Crippen LogP contribution in [0.4, 0.5) is 0 Å². The number of hydrogen-bond donors (Lipinski definition) is 0. The standard InChI is InChI=1S/C9H18N2O2Si/c1-5-9(11-7-6-10-8-11)14(4,12-2)13-3/h6-9H,5H2,1-4H3. The molecule has 0 saturated heterocycles. The molecular formula is C9H18N2O2Si. The first-order valence-electron chi connectivity index (χ1n) is 4.75. The number of hydrogen-bond acceptors (Lipinski definition) is 3. The summed E-state index contributed by atoms with van der Waals surface area (Å²) >= 11 is 0. The average Bonchev–Trinajstić information content (AvgIpc) is 2.72. The fourth-order valence-electron chi connectivity index (χ4n) is 1.66. The van der Waals surface area contributed by atoms with Gasteiger partial charge in [-0.05, 0) is 13.0 Å². The van der Waals surface area contributed by atoms with Crippen molar-refractivity contribution >= 4 is 8.56 Å². The highest BCUT2D eigenvalue weighted by Gasteiger charge is 2.39. The molecule has 1 aromatic heterocycles. The molecular weight excluding hydrogens is 196 g/mol. The van der Waals surface area contributed by atoms with Crippen molar-refractivity contribution in [2.24, 2.45) is 0 Å². The molecule has 80 valence electrons. The highest BCUT2D eigenvalue weighted by atomic mass is 28.4. The minimum Gasteiger partial charge on any atom is -0.397 e. The molecule has 0 aliphatic rings. The van der Waals surface area contributed by atoms with Crippen LogP contribution in [0.3, 0.4) is 0 Å². The molecule has 4 nitrogen and oxygen atoms in total. The topological polar surface area (TPSA) is 36.3 Å². The van der Waals surface area contributed by atoms with Crippen LogP contribution in [0.25, 0.3) is 0 Å². The Bertz CT molecular complexity index is 260. The Kier molecular flexibility index (Phi) is 3.85. The van der Waals surface area contributed by atoms with E-state index in [0.29, 0.717) is 0 Å². The maximum atomic E-state index is 5.53. The van der Waals surface area contributed by atoms with Crippen LogP contribution in [-0.2, 0) is 8.85 Å². The van der Waals surface area contributed by atoms with Crippen LogP contribution in [0.5, 0.6) is 0 Å². The van der Waals surface area contributed by atoms with E-state index in [1.54, 1.807) is 20.4 Å². The third-order valence-electron chi connectivity index (χ3n) is 2.69. The van der Waals surface area contributed by atoms with Crippen molar-refractivity contribution in [3.05, 3.63) is 18.7 Å². The first-order valence-corrected chi connectivity index (χ1v) is 7.15. The van der Waals surface area contributed by atoms with Gasteiger partial charge in [-0.15, -0.1) is 0 Å². The van der Waals surface area contributed by atoms with Crippen LogP contribution in [0.2, 0.25) is 6.55 Å². The Morgan fingerprint density at radius 2 is 2.07 bits per heavy atom. The van der Waals surface area contributed by atoms with Crippen molar-refractivity contribution < 1.29 is 8.85 Å². The van der Waals surface area contributed by atoms with Gasteiger partial charge in [-0.3, -0.25) is 0 Å². The van der Waals surface area contributed by atoms with Gasteiger partial charge >= 0.3 is 8.56 Å². The minimum absolute atomic E-state index is 0.278. The van der Waals surface area contributed by atoms with E-state index in [2.05, 4.69) is 23.0 Å². The molecule has 0 fully saturated rings. The van der Waals surface area contributed by atoms with Crippen LogP contribution >= 0.6 is 0 Å². The molecule has 0 radical (unpaired) electrons. The Balaban J connectivity index is 2.91. The normalized spacial score (nSPS) is 14.3. The van der Waals surface area contributed by atoms with E-state index in [4.69, 9.17) is 8.85 Å². The number of aromatic nitrogens is 2. The summed E-state index contributed by atoms with van der Waals surface area (Å²) in [5.74, 6) is 0. The molecule has 0 aromatic carbocycles. The summed E-state index contributed by atoms with van der Waals surface area (Å²) in [6.45, 7) is 4.20. The van der Waals surface area contributed by atoms with Gasteiger partial charge in [0.1, 0.15) is 0 Å². The van der Waals surface area contributed by atoms with Crippen molar-refractivity contribution in [2.45, 2.75) is 25.6 Å². The Morgan fingerprint density at radius 3 is 2.43 bits per heavy atom. The molecule has 14 heavy (non-hydrogen) atoms. The van der Waals surface area contributed by atoms with E-state index in [1.807, 2.05) is 12.5 Å². The van der Waals surface area contributed by atoms with Gasteiger partial charge in [0.15, 0.2) is 0 Å². The van der Waals surface area contributed by atoms with E-state index in [1.165, 1.54) is 0 Å². The summed E-state index contributed by atoms with van der Waals surface area (Å²) in [4.78, 5) is 4.05. The zero-order valence-electron chi connectivity index (χ0n) is 9.23. The van der Waals surface area contributed by atoms with Crippen molar-refractivity contribution in [3.63, 3.8) is 0 Å². The van der Waals surface area contributed by atoms with Crippen LogP contribution in [0, 0.1) is 0 Å². The fourth-order valence-corrected chi connectivity index (χ4v) is 3.81. The SMILES string of the molecule is CCC(n1ccnc1)[Si](C)(OC)OC. The largest absolute Gasteiger partial charge is 0.397 e. The monoisotopic (exact) mass is 214 g/mol. The third-order valence-corrected chi connectivity index (χ3v) is 6.23. The zero-order valence-corrected chi connectivity index (χ0v) is 10.2. The van der Waals surface area contributed by atoms with Crippen LogP contribution < -0.4 is 0 Å². The fraction of sp³-hybridized carbons (Fsp3) is 0.667. The average molecular weight is 214 g/mol. The molecule has 1 heterocycles. The lowest BCUT2D eigenvalue weighted by molar-refractivity contribution is 0.222. The molecule has 0 aliphatic carbocycles. The quantitative estimate of drug-likeness (QED) is 0.700. The minimum atomic E-state index is -2.11. The van der Waals surface area contributed by atoms with Gasteiger partial charge in [0.2, 0.25) is 0 Å². The van der Waals surface area contributed by atoms with Crippen molar-refractivity contribution in [2.75, 3.05) is 14.2 Å². The predicted molar refractivity (Wildman–Crippen MR) is 57.2 cm³/mol. The maximum absolute atomic E-state index is 5.53. The van der Waals surface area contributed by atoms with Crippen molar-refractivity contribution in [1.82, 2.24) is 9.55 Å². The highest BCUT2D eigenvalue weighted by Crippen LogP contribution is 2.25. The number of rotatable bonds is 5. The Morgan fingerprint density at radius 1 is 1.43 bits per heavy atom. The second-order valence-electron chi connectivity index (χ2n) is 3.36. The van der Waals surface area contributed by atoms with Crippen LogP contribution in [-0.4, -0.2) is 32.3 Å². The zero-order chi connectivity index (χ0) is 10.6. The van der Waals surface area contributed by atoms with Gasteiger partial charge in [-0.25, -0.2) is 4.98 Å². The summed E-state index contributed by atoms with van der Waals surface area (Å²) in [5.41, 5.74) is 0.278. The Labute approximate surface area is 86.1 Å². The van der Waals surface area contributed by atoms with E-state index in [9.17, 15) is 0 Å². The summed E-state index contributed by atoms with van der Waals surface area (Å²) in [7, 11) is 1.33. The van der Waals surface area contributed by atoms with E-state index < -0.39 is 8.56 Å². The molecule has 1 atom stereocenters. The van der Waals surface area contributed by atoms with Crippen molar-refractivity contribution in [3.8, 4) is 0 Å². The molecule has 0 bridgehead atoms. The molecule has 0 spiro atoms. The lowest BCUT2D eigenvalue weighted by atomic mass is 10.5. The molecule has 0 aliphatic heterocycles. The van der Waals surface area contributed by atoms with E-state index in [-0.39, 0.29) is 5.67 Å². The molecule has 1 unspecified atom stereocenters. The van der Waals surface area contributed by atoms with Gasteiger partial charge in [-0.2, -0.15) is 0 Å². The summed E-state index contributed by atoms with van der Waals surface area (Å²) < 4.78 is 13.1. The Hall–Kier alpha value is -0.653. The van der Waals surface area contributed by atoms with Crippen LogP contribution in [0.15, 0.2) is 18.7 Å².